The lowest BCUT2D eigenvalue weighted by Crippen LogP contribution is -2.30. The molecule has 136 valence electrons. The van der Waals surface area contributed by atoms with Crippen molar-refractivity contribution in [3.05, 3.63) is 41.6 Å². The van der Waals surface area contributed by atoms with Gasteiger partial charge in [-0.3, -0.25) is 9.69 Å². The summed E-state index contributed by atoms with van der Waals surface area (Å²) in [4.78, 5) is 25.2. The quantitative estimate of drug-likeness (QED) is 0.337. The Kier molecular flexibility index (Phi) is 6.45. The van der Waals surface area contributed by atoms with E-state index >= 15 is 0 Å². The predicted octanol–water partition coefficient (Wildman–Crippen LogP) is 2.74. The Bertz CT molecular complexity index is 790. The van der Waals surface area contributed by atoms with Crippen molar-refractivity contribution >= 4 is 18.0 Å². The second kappa shape index (κ2) is 8.77. The van der Waals surface area contributed by atoms with Gasteiger partial charge >= 0.3 is 6.03 Å². The highest BCUT2D eigenvalue weighted by Crippen LogP contribution is 2.34. The van der Waals surface area contributed by atoms with Crippen LogP contribution in [-0.4, -0.2) is 36.6 Å². The molecule has 0 bridgehead atoms. The maximum atomic E-state index is 12.3. The fraction of sp³-hybridized carbons (Fsp3) is 0.300. The van der Waals surface area contributed by atoms with Crippen molar-refractivity contribution in [1.82, 2.24) is 10.2 Å². The molecule has 0 radical (unpaired) electrons. The van der Waals surface area contributed by atoms with Crippen LogP contribution in [0, 0.1) is 12.3 Å². The van der Waals surface area contributed by atoms with Gasteiger partial charge in [-0.15, -0.1) is 13.0 Å². The SMILES string of the molecule is C#CCOc1c(CC=C)cc(/C=C2/NC(=O)N(CC)C2=O)cc1OCC. The van der Waals surface area contributed by atoms with Crippen LogP contribution in [0.15, 0.2) is 30.5 Å². The third kappa shape index (κ3) is 4.06. The van der Waals surface area contributed by atoms with Crippen LogP contribution >= 0.6 is 0 Å². The first-order chi connectivity index (χ1) is 12.5. The molecule has 0 spiro atoms. The molecule has 2 rings (SSSR count). The summed E-state index contributed by atoms with van der Waals surface area (Å²) in [6.07, 6.45) is 9.19. The molecule has 0 aromatic heterocycles. The van der Waals surface area contributed by atoms with Crippen molar-refractivity contribution in [2.75, 3.05) is 19.8 Å². The lowest BCUT2D eigenvalue weighted by atomic mass is 10.0. The number of ether oxygens (including phenoxy) is 2. The van der Waals surface area contributed by atoms with E-state index in [0.29, 0.717) is 36.6 Å². The fourth-order valence-electron chi connectivity index (χ4n) is 2.64. The molecule has 1 saturated heterocycles. The van der Waals surface area contributed by atoms with Gasteiger partial charge in [0.15, 0.2) is 11.5 Å². The van der Waals surface area contributed by atoms with Gasteiger partial charge in [-0.2, -0.15) is 0 Å². The molecule has 0 atom stereocenters. The van der Waals surface area contributed by atoms with Crippen molar-refractivity contribution in [2.45, 2.75) is 20.3 Å². The molecule has 3 amide bonds. The van der Waals surface area contributed by atoms with Crippen molar-refractivity contribution in [3.8, 4) is 23.8 Å². The monoisotopic (exact) mass is 354 g/mol. The number of nitrogens with one attached hydrogen (secondary N) is 1. The summed E-state index contributed by atoms with van der Waals surface area (Å²) in [6, 6.07) is 3.19. The Hall–Kier alpha value is -3.20. The molecule has 1 aromatic rings. The first kappa shape index (κ1) is 19.1. The van der Waals surface area contributed by atoms with E-state index < -0.39 is 6.03 Å². The summed E-state index contributed by atoms with van der Waals surface area (Å²) < 4.78 is 11.3. The minimum absolute atomic E-state index is 0.116. The van der Waals surface area contributed by atoms with Gasteiger partial charge in [-0.05, 0) is 44.0 Å². The van der Waals surface area contributed by atoms with E-state index in [0.717, 1.165) is 10.5 Å². The van der Waals surface area contributed by atoms with E-state index in [4.69, 9.17) is 15.9 Å². The molecule has 26 heavy (non-hydrogen) atoms. The normalized spacial score (nSPS) is 15.0. The number of rotatable bonds is 8. The lowest BCUT2D eigenvalue weighted by Gasteiger charge is -2.15. The highest BCUT2D eigenvalue weighted by atomic mass is 16.5. The van der Waals surface area contributed by atoms with E-state index in [9.17, 15) is 9.59 Å². The molecule has 1 heterocycles. The number of hydrogen-bond donors (Lipinski definition) is 1. The van der Waals surface area contributed by atoms with Gasteiger partial charge < -0.3 is 14.8 Å². The van der Waals surface area contributed by atoms with E-state index in [1.807, 2.05) is 13.0 Å². The molecule has 1 aromatic carbocycles. The first-order valence-electron chi connectivity index (χ1n) is 8.37. The average Bonchev–Trinajstić information content (AvgIpc) is 2.88. The summed E-state index contributed by atoms with van der Waals surface area (Å²) >= 11 is 0. The smallest absolute Gasteiger partial charge is 0.328 e. The van der Waals surface area contributed by atoms with Crippen LogP contribution in [0.3, 0.4) is 0 Å². The van der Waals surface area contributed by atoms with Crippen LogP contribution in [0.2, 0.25) is 0 Å². The third-order valence-electron chi connectivity index (χ3n) is 3.71. The molecule has 0 aliphatic carbocycles. The number of carbonyl (C=O) groups is 2. The first-order valence-corrected chi connectivity index (χ1v) is 8.37. The van der Waals surface area contributed by atoms with Crippen LogP contribution in [0.4, 0.5) is 4.79 Å². The topological polar surface area (TPSA) is 67.9 Å². The van der Waals surface area contributed by atoms with Gasteiger partial charge in [0.2, 0.25) is 0 Å². The van der Waals surface area contributed by atoms with Crippen LogP contribution in [0.25, 0.3) is 6.08 Å². The number of carbonyl (C=O) groups excluding carboxylic acids is 2. The van der Waals surface area contributed by atoms with Crippen molar-refractivity contribution in [3.63, 3.8) is 0 Å². The zero-order valence-electron chi connectivity index (χ0n) is 15.0. The number of urea groups is 1. The Labute approximate surface area is 153 Å². The second-order valence-corrected chi connectivity index (χ2v) is 5.46. The maximum absolute atomic E-state index is 12.3. The van der Waals surface area contributed by atoms with Gasteiger partial charge in [-0.1, -0.05) is 12.0 Å². The van der Waals surface area contributed by atoms with E-state index in [-0.39, 0.29) is 18.2 Å². The molecule has 1 N–H and O–H groups in total. The zero-order chi connectivity index (χ0) is 19.1. The minimum Gasteiger partial charge on any atom is -0.490 e. The molecule has 1 aliphatic rings. The Balaban J connectivity index is 2.48. The fourth-order valence-corrected chi connectivity index (χ4v) is 2.64. The highest BCUT2D eigenvalue weighted by Gasteiger charge is 2.32. The standard InChI is InChI=1S/C20H22N2O4/c1-5-9-15-11-14(12-16-19(23)22(7-3)20(24)21-16)13-17(25-8-4)18(15)26-10-6-2/h2,5,11-13H,1,7-10H2,3-4H3,(H,21,24)/b16-12+. The molecule has 6 nitrogen and oxygen atoms in total. The van der Waals surface area contributed by atoms with Crippen molar-refractivity contribution in [2.24, 2.45) is 0 Å². The average molecular weight is 354 g/mol. The summed E-state index contributed by atoms with van der Waals surface area (Å²) in [5.74, 6) is 3.17. The summed E-state index contributed by atoms with van der Waals surface area (Å²) in [5, 5.41) is 2.58. The maximum Gasteiger partial charge on any atom is 0.328 e. The number of imide groups is 1. The number of nitrogens with zero attached hydrogens (tertiary/aromatic N) is 1. The van der Waals surface area contributed by atoms with Crippen LogP contribution in [0.5, 0.6) is 11.5 Å². The number of likely N-dealkylation sites (N-methyl/N-ethyl adjacent to an activating group) is 1. The Morgan fingerprint density at radius 1 is 1.31 bits per heavy atom. The zero-order valence-corrected chi connectivity index (χ0v) is 15.0. The lowest BCUT2D eigenvalue weighted by molar-refractivity contribution is -0.122. The predicted molar refractivity (Wildman–Crippen MR) is 99.7 cm³/mol. The summed E-state index contributed by atoms with van der Waals surface area (Å²) in [7, 11) is 0. The van der Waals surface area contributed by atoms with Gasteiger partial charge in [0.25, 0.3) is 5.91 Å². The van der Waals surface area contributed by atoms with Crippen LogP contribution in [0.1, 0.15) is 25.0 Å². The molecule has 1 aliphatic heterocycles. The molecule has 6 heteroatoms. The van der Waals surface area contributed by atoms with Gasteiger partial charge in [0.1, 0.15) is 12.3 Å². The number of hydrogen-bond acceptors (Lipinski definition) is 4. The van der Waals surface area contributed by atoms with E-state index in [1.54, 1.807) is 25.1 Å². The number of terminal acetylenes is 1. The molecule has 0 unspecified atom stereocenters. The van der Waals surface area contributed by atoms with E-state index in [1.165, 1.54) is 0 Å². The molecular weight excluding hydrogens is 332 g/mol. The van der Waals surface area contributed by atoms with Crippen LogP contribution in [-0.2, 0) is 11.2 Å². The summed E-state index contributed by atoms with van der Waals surface area (Å²) in [6.45, 7) is 8.24. The third-order valence-corrected chi connectivity index (χ3v) is 3.71. The van der Waals surface area contributed by atoms with Crippen molar-refractivity contribution in [1.29, 1.82) is 0 Å². The molecule has 1 fully saturated rings. The van der Waals surface area contributed by atoms with E-state index in [2.05, 4.69) is 17.8 Å². The highest BCUT2D eigenvalue weighted by molar-refractivity contribution is 6.13. The summed E-state index contributed by atoms with van der Waals surface area (Å²) in [5.41, 5.74) is 1.76. The van der Waals surface area contributed by atoms with Gasteiger partial charge in [0, 0.05) is 12.1 Å². The van der Waals surface area contributed by atoms with Crippen LogP contribution < -0.4 is 14.8 Å². The largest absolute Gasteiger partial charge is 0.490 e. The second-order valence-electron chi connectivity index (χ2n) is 5.46. The number of benzene rings is 1. The molecular formula is C20H22N2O4. The molecule has 0 saturated carbocycles. The minimum atomic E-state index is -0.422. The van der Waals surface area contributed by atoms with Crippen molar-refractivity contribution < 1.29 is 19.1 Å². The number of amides is 3. The van der Waals surface area contributed by atoms with Gasteiger partial charge in [0.05, 0.1) is 6.61 Å². The number of allylic oxidation sites excluding steroid dienone is 1. The Morgan fingerprint density at radius 2 is 2.08 bits per heavy atom. The Morgan fingerprint density at radius 3 is 2.65 bits per heavy atom. The van der Waals surface area contributed by atoms with Gasteiger partial charge in [-0.25, -0.2) is 4.79 Å².